The number of hydrogen-bond donors (Lipinski definition) is 1. The van der Waals surface area contributed by atoms with Gasteiger partial charge in [-0.15, -0.1) is 0 Å². The highest BCUT2D eigenvalue weighted by molar-refractivity contribution is 14.1. The number of nitrogens with one attached hydrogen (secondary N) is 1. The first-order chi connectivity index (χ1) is 8.27. The predicted molar refractivity (Wildman–Crippen MR) is 82.5 cm³/mol. The maximum absolute atomic E-state index is 5.33. The Morgan fingerprint density at radius 2 is 2.18 bits per heavy atom. The summed E-state index contributed by atoms with van der Waals surface area (Å²) in [4.78, 5) is 0. The Bertz CT molecular complexity index is 363. The highest BCUT2D eigenvalue weighted by Gasteiger charge is 1.99. The topological polar surface area (TPSA) is 21.3 Å². The van der Waals surface area contributed by atoms with Crippen molar-refractivity contribution in [2.45, 2.75) is 19.3 Å². The van der Waals surface area contributed by atoms with Crippen molar-refractivity contribution in [2.24, 2.45) is 0 Å². The van der Waals surface area contributed by atoms with Gasteiger partial charge in [0.25, 0.3) is 0 Å². The van der Waals surface area contributed by atoms with Crippen LogP contribution in [0.4, 0.5) is 0 Å². The fourth-order valence-electron chi connectivity index (χ4n) is 1.61. The van der Waals surface area contributed by atoms with E-state index in [-0.39, 0.29) is 0 Å². The molecule has 94 valence electrons. The van der Waals surface area contributed by atoms with Crippen molar-refractivity contribution in [1.29, 1.82) is 0 Å². The molecule has 0 aliphatic heterocycles. The normalized spacial score (nSPS) is 11.0. The molecule has 0 radical (unpaired) electrons. The predicted octanol–water partition coefficient (Wildman–Crippen LogP) is 3.70. The van der Waals surface area contributed by atoms with Crippen molar-refractivity contribution < 1.29 is 4.74 Å². The van der Waals surface area contributed by atoms with Crippen LogP contribution in [0.2, 0.25) is 0 Å². The smallest absolute Gasteiger partial charge is 0.126 e. The first kappa shape index (κ1) is 14.5. The van der Waals surface area contributed by atoms with Crippen molar-refractivity contribution in [2.75, 3.05) is 20.7 Å². The summed E-state index contributed by atoms with van der Waals surface area (Å²) in [6.07, 6.45) is 7.95. The summed E-state index contributed by atoms with van der Waals surface area (Å²) in [5.74, 6) is 0.942. The number of halogens is 1. The van der Waals surface area contributed by atoms with E-state index in [0.717, 1.165) is 24.3 Å². The Labute approximate surface area is 118 Å². The lowest BCUT2D eigenvalue weighted by Crippen LogP contribution is -2.06. The molecule has 1 N–H and O–H groups in total. The van der Waals surface area contributed by atoms with Crippen molar-refractivity contribution in [1.82, 2.24) is 5.32 Å². The maximum atomic E-state index is 5.33. The monoisotopic (exact) mass is 345 g/mol. The third-order valence-corrected chi connectivity index (χ3v) is 3.21. The molecule has 2 nitrogen and oxygen atoms in total. The number of allylic oxidation sites excluding steroid dienone is 1. The minimum atomic E-state index is 0.942. The van der Waals surface area contributed by atoms with Gasteiger partial charge in [-0.2, -0.15) is 0 Å². The Morgan fingerprint density at radius 3 is 2.88 bits per heavy atom. The Morgan fingerprint density at radius 1 is 1.35 bits per heavy atom. The number of methoxy groups -OCH3 is 1. The second-order valence-corrected chi connectivity index (χ2v) is 5.13. The first-order valence-electron chi connectivity index (χ1n) is 5.92. The van der Waals surface area contributed by atoms with Crippen molar-refractivity contribution in [3.8, 4) is 5.75 Å². The lowest BCUT2D eigenvalue weighted by atomic mass is 10.1. The molecular formula is C14H20INO. The van der Waals surface area contributed by atoms with Crippen molar-refractivity contribution in [3.63, 3.8) is 0 Å². The largest absolute Gasteiger partial charge is 0.496 e. The third kappa shape index (κ3) is 5.55. The number of ether oxygens (including phenoxy) is 1. The molecule has 0 spiro atoms. The standard InChI is InChI=1S/C14H20INO/c1-16-10-6-4-3-5-7-12-11-13(15)8-9-14(12)17-2/h5,7-9,11,16H,3-4,6,10H2,1-2H3/b7-5+. The van der Waals surface area contributed by atoms with Crippen LogP contribution in [0.3, 0.4) is 0 Å². The lowest BCUT2D eigenvalue weighted by molar-refractivity contribution is 0.413. The SMILES string of the molecule is CNCCCC/C=C/c1cc(I)ccc1OC. The molecular weight excluding hydrogens is 325 g/mol. The van der Waals surface area contributed by atoms with Gasteiger partial charge in [-0.05, 0) is 73.6 Å². The molecule has 0 heterocycles. The van der Waals surface area contributed by atoms with E-state index in [4.69, 9.17) is 4.74 Å². The zero-order valence-electron chi connectivity index (χ0n) is 10.5. The molecule has 0 bridgehead atoms. The van der Waals surface area contributed by atoms with Gasteiger partial charge in [0.2, 0.25) is 0 Å². The van der Waals surface area contributed by atoms with Crippen LogP contribution in [0.25, 0.3) is 6.08 Å². The fraction of sp³-hybridized carbons (Fsp3) is 0.429. The van der Waals surface area contributed by atoms with Gasteiger partial charge in [0.15, 0.2) is 0 Å². The zero-order valence-corrected chi connectivity index (χ0v) is 12.7. The molecule has 0 unspecified atom stereocenters. The molecule has 0 fully saturated rings. The van der Waals surface area contributed by atoms with Gasteiger partial charge >= 0.3 is 0 Å². The van der Waals surface area contributed by atoms with Crippen molar-refractivity contribution >= 4 is 28.7 Å². The second kappa shape index (κ2) is 8.53. The highest BCUT2D eigenvalue weighted by Crippen LogP contribution is 2.22. The van der Waals surface area contributed by atoms with Crippen LogP contribution in [0.5, 0.6) is 5.75 Å². The molecule has 0 aromatic heterocycles. The minimum Gasteiger partial charge on any atom is -0.496 e. The number of rotatable bonds is 7. The van der Waals surface area contributed by atoms with E-state index in [2.05, 4.69) is 52.2 Å². The summed E-state index contributed by atoms with van der Waals surface area (Å²) >= 11 is 2.32. The van der Waals surface area contributed by atoms with Crippen LogP contribution in [0.15, 0.2) is 24.3 Å². The molecule has 1 aromatic carbocycles. The zero-order chi connectivity index (χ0) is 12.5. The highest BCUT2D eigenvalue weighted by atomic mass is 127. The third-order valence-electron chi connectivity index (χ3n) is 2.54. The second-order valence-electron chi connectivity index (χ2n) is 3.89. The van der Waals surface area contributed by atoms with Crippen LogP contribution in [-0.2, 0) is 0 Å². The summed E-state index contributed by atoms with van der Waals surface area (Å²) in [5, 5.41) is 3.16. The molecule has 0 aliphatic carbocycles. The van der Waals surface area contributed by atoms with Gasteiger partial charge in [0.1, 0.15) is 5.75 Å². The van der Waals surface area contributed by atoms with Crippen LogP contribution in [0.1, 0.15) is 24.8 Å². The van der Waals surface area contributed by atoms with Gasteiger partial charge < -0.3 is 10.1 Å². The van der Waals surface area contributed by atoms with Crippen LogP contribution in [-0.4, -0.2) is 20.7 Å². The minimum absolute atomic E-state index is 0.942. The maximum Gasteiger partial charge on any atom is 0.126 e. The molecule has 0 saturated carbocycles. The van der Waals surface area contributed by atoms with Crippen LogP contribution >= 0.6 is 22.6 Å². The molecule has 17 heavy (non-hydrogen) atoms. The lowest BCUT2D eigenvalue weighted by Gasteiger charge is -2.04. The van der Waals surface area contributed by atoms with Gasteiger partial charge in [0.05, 0.1) is 7.11 Å². The van der Waals surface area contributed by atoms with E-state index in [1.165, 1.54) is 16.4 Å². The van der Waals surface area contributed by atoms with E-state index in [9.17, 15) is 0 Å². The summed E-state index contributed by atoms with van der Waals surface area (Å²) in [7, 11) is 3.71. The molecule has 0 aliphatic rings. The summed E-state index contributed by atoms with van der Waals surface area (Å²) in [6, 6.07) is 6.22. The average Bonchev–Trinajstić information content (AvgIpc) is 2.34. The fourth-order valence-corrected chi connectivity index (χ4v) is 2.13. The number of benzene rings is 1. The average molecular weight is 345 g/mol. The summed E-state index contributed by atoms with van der Waals surface area (Å²) in [6.45, 7) is 1.10. The van der Waals surface area contributed by atoms with E-state index >= 15 is 0 Å². The van der Waals surface area contributed by atoms with Crippen molar-refractivity contribution in [3.05, 3.63) is 33.4 Å². The Balaban J connectivity index is 2.49. The van der Waals surface area contributed by atoms with E-state index in [1.54, 1.807) is 7.11 Å². The quantitative estimate of drug-likeness (QED) is 0.601. The van der Waals surface area contributed by atoms with E-state index < -0.39 is 0 Å². The molecule has 0 amide bonds. The molecule has 1 rings (SSSR count). The molecule has 0 saturated heterocycles. The van der Waals surface area contributed by atoms with Gasteiger partial charge in [-0.1, -0.05) is 12.2 Å². The number of hydrogen-bond acceptors (Lipinski definition) is 2. The Hall–Kier alpha value is -0.550. The summed E-state index contributed by atoms with van der Waals surface area (Å²) < 4.78 is 6.57. The molecule has 3 heteroatoms. The van der Waals surface area contributed by atoms with E-state index in [0.29, 0.717) is 0 Å². The van der Waals surface area contributed by atoms with Gasteiger partial charge in [0, 0.05) is 9.13 Å². The summed E-state index contributed by atoms with van der Waals surface area (Å²) in [5.41, 5.74) is 1.16. The van der Waals surface area contributed by atoms with Crippen LogP contribution in [0, 0.1) is 3.57 Å². The van der Waals surface area contributed by atoms with Gasteiger partial charge in [-0.3, -0.25) is 0 Å². The first-order valence-corrected chi connectivity index (χ1v) is 7.00. The Kier molecular flexibility index (Phi) is 7.28. The molecule has 1 aromatic rings. The molecule has 0 atom stereocenters. The van der Waals surface area contributed by atoms with Gasteiger partial charge in [-0.25, -0.2) is 0 Å². The van der Waals surface area contributed by atoms with Crippen LogP contribution < -0.4 is 10.1 Å². The number of unbranched alkanes of at least 4 members (excludes halogenated alkanes) is 2. The van der Waals surface area contributed by atoms with E-state index in [1.807, 2.05) is 13.1 Å².